The van der Waals surface area contributed by atoms with Crippen molar-refractivity contribution >= 4 is 23.2 Å². The van der Waals surface area contributed by atoms with Gasteiger partial charge in [-0.15, -0.1) is 11.3 Å². The molecule has 1 aromatic heterocycles. The molecule has 4 nitrogen and oxygen atoms in total. The second-order valence-electron chi connectivity index (χ2n) is 4.75. The van der Waals surface area contributed by atoms with Crippen LogP contribution in [-0.4, -0.2) is 17.0 Å². The van der Waals surface area contributed by atoms with Crippen LogP contribution in [0.5, 0.6) is 0 Å². The summed E-state index contributed by atoms with van der Waals surface area (Å²) < 4.78 is 0. The molecule has 1 aliphatic carbocycles. The van der Waals surface area contributed by atoms with Gasteiger partial charge in [-0.2, -0.15) is 0 Å². The summed E-state index contributed by atoms with van der Waals surface area (Å²) in [4.78, 5) is 25.2. The topological polar surface area (TPSA) is 66.4 Å². The standard InChI is InChI=1S/C14H17NO3S/c1-8(9(2)14(17)18)13(16)15-7-11-6-10-4-3-5-12(10)19-11/h6H,3-5,7H2,1-2H3,(H,15,16)(H,17,18). The van der Waals surface area contributed by atoms with Gasteiger partial charge in [-0.3, -0.25) is 4.79 Å². The fraction of sp³-hybridized carbons (Fsp3) is 0.429. The van der Waals surface area contributed by atoms with Crippen LogP contribution in [0.3, 0.4) is 0 Å². The number of nitrogens with one attached hydrogen (secondary N) is 1. The molecule has 2 N–H and O–H groups in total. The van der Waals surface area contributed by atoms with E-state index in [9.17, 15) is 9.59 Å². The Balaban J connectivity index is 1.97. The molecule has 0 saturated carbocycles. The van der Waals surface area contributed by atoms with Crippen LogP contribution in [0.4, 0.5) is 0 Å². The van der Waals surface area contributed by atoms with E-state index < -0.39 is 5.97 Å². The molecule has 0 aliphatic heterocycles. The van der Waals surface area contributed by atoms with Crippen molar-refractivity contribution in [3.63, 3.8) is 0 Å². The zero-order chi connectivity index (χ0) is 14.0. The van der Waals surface area contributed by atoms with E-state index in [1.807, 2.05) is 0 Å². The van der Waals surface area contributed by atoms with Gasteiger partial charge in [-0.1, -0.05) is 0 Å². The Morgan fingerprint density at radius 3 is 2.68 bits per heavy atom. The van der Waals surface area contributed by atoms with Gasteiger partial charge in [0.2, 0.25) is 5.91 Å². The molecular formula is C14H17NO3S. The Hall–Kier alpha value is -1.62. The van der Waals surface area contributed by atoms with Crippen LogP contribution in [0.15, 0.2) is 17.2 Å². The van der Waals surface area contributed by atoms with Gasteiger partial charge in [0.25, 0.3) is 0 Å². The monoisotopic (exact) mass is 279 g/mol. The summed E-state index contributed by atoms with van der Waals surface area (Å²) in [6.45, 7) is 3.45. The minimum absolute atomic E-state index is 0.0891. The summed E-state index contributed by atoms with van der Waals surface area (Å²) in [7, 11) is 0. The van der Waals surface area contributed by atoms with Crippen LogP contribution in [0.1, 0.15) is 35.6 Å². The number of carboxylic acid groups (broad SMARTS) is 1. The summed E-state index contributed by atoms with van der Waals surface area (Å²) in [5, 5.41) is 11.6. The third kappa shape index (κ3) is 3.04. The van der Waals surface area contributed by atoms with Crippen molar-refractivity contribution in [2.75, 3.05) is 0 Å². The summed E-state index contributed by atoms with van der Waals surface area (Å²) in [6, 6.07) is 2.15. The van der Waals surface area contributed by atoms with Gasteiger partial charge in [-0.25, -0.2) is 4.79 Å². The number of fused-ring (bicyclic) bond motifs is 1. The second-order valence-corrected chi connectivity index (χ2v) is 5.97. The lowest BCUT2D eigenvalue weighted by Crippen LogP contribution is -2.24. The Kier molecular flexibility index (Phi) is 4.04. The summed E-state index contributed by atoms with van der Waals surface area (Å²) in [5.74, 6) is -1.36. The first-order valence-corrected chi connectivity index (χ1v) is 7.10. The third-order valence-corrected chi connectivity index (χ3v) is 4.68. The van der Waals surface area contributed by atoms with Crippen molar-refractivity contribution in [2.24, 2.45) is 0 Å². The first-order chi connectivity index (χ1) is 8.99. The van der Waals surface area contributed by atoms with Crippen LogP contribution >= 0.6 is 11.3 Å². The van der Waals surface area contributed by atoms with Crippen LogP contribution in [0, 0.1) is 0 Å². The molecule has 19 heavy (non-hydrogen) atoms. The molecule has 0 aromatic carbocycles. The lowest BCUT2D eigenvalue weighted by molar-refractivity contribution is -0.133. The first kappa shape index (κ1) is 13.8. The largest absolute Gasteiger partial charge is 0.478 e. The van der Waals surface area contributed by atoms with Gasteiger partial charge in [0.05, 0.1) is 6.54 Å². The maximum Gasteiger partial charge on any atom is 0.331 e. The van der Waals surface area contributed by atoms with Crippen LogP contribution in [-0.2, 0) is 29.0 Å². The van der Waals surface area contributed by atoms with Crippen molar-refractivity contribution in [1.29, 1.82) is 0 Å². The lowest BCUT2D eigenvalue weighted by Gasteiger charge is -2.05. The number of aliphatic carboxylic acids is 1. The number of thiophene rings is 1. The van der Waals surface area contributed by atoms with Crippen LogP contribution < -0.4 is 5.32 Å². The Morgan fingerprint density at radius 2 is 2.05 bits per heavy atom. The smallest absolute Gasteiger partial charge is 0.331 e. The van der Waals surface area contributed by atoms with Gasteiger partial charge in [0, 0.05) is 20.9 Å². The number of rotatable bonds is 4. The van der Waals surface area contributed by atoms with Crippen molar-refractivity contribution in [2.45, 2.75) is 39.7 Å². The highest BCUT2D eigenvalue weighted by Gasteiger charge is 2.16. The van der Waals surface area contributed by atoms with Crippen LogP contribution in [0.2, 0.25) is 0 Å². The number of hydrogen-bond donors (Lipinski definition) is 2. The highest BCUT2D eigenvalue weighted by atomic mass is 32.1. The fourth-order valence-electron chi connectivity index (χ4n) is 2.11. The van der Waals surface area contributed by atoms with Gasteiger partial charge in [-0.05, 0) is 44.7 Å². The van der Waals surface area contributed by atoms with E-state index in [0.717, 1.165) is 17.7 Å². The average Bonchev–Trinajstić information content (AvgIpc) is 2.94. The highest BCUT2D eigenvalue weighted by Crippen LogP contribution is 2.30. The highest BCUT2D eigenvalue weighted by molar-refractivity contribution is 7.12. The second kappa shape index (κ2) is 5.57. The van der Waals surface area contributed by atoms with E-state index >= 15 is 0 Å². The molecule has 102 valence electrons. The van der Waals surface area contributed by atoms with Crippen LogP contribution in [0.25, 0.3) is 0 Å². The van der Waals surface area contributed by atoms with Gasteiger partial charge in [0.15, 0.2) is 0 Å². The van der Waals surface area contributed by atoms with E-state index in [-0.39, 0.29) is 17.1 Å². The van der Waals surface area contributed by atoms with E-state index in [2.05, 4.69) is 11.4 Å². The quantitative estimate of drug-likeness (QED) is 0.831. The number of carbonyl (C=O) groups is 2. The predicted molar refractivity (Wildman–Crippen MR) is 74.2 cm³/mol. The molecule has 0 bridgehead atoms. The number of aryl methyl sites for hydroxylation is 2. The Morgan fingerprint density at radius 1 is 1.32 bits per heavy atom. The minimum Gasteiger partial charge on any atom is -0.478 e. The normalized spacial score (nSPS) is 14.8. The number of carboxylic acids is 1. The maximum absolute atomic E-state index is 11.8. The lowest BCUT2D eigenvalue weighted by atomic mass is 10.1. The van der Waals surface area contributed by atoms with Crippen molar-refractivity contribution in [1.82, 2.24) is 5.32 Å². The molecular weight excluding hydrogens is 262 g/mol. The summed E-state index contributed by atoms with van der Waals surface area (Å²) in [6.07, 6.45) is 3.51. The molecule has 1 heterocycles. The Labute approximate surface area is 116 Å². The van der Waals surface area contributed by atoms with E-state index in [4.69, 9.17) is 5.11 Å². The van der Waals surface area contributed by atoms with Crippen molar-refractivity contribution in [3.05, 3.63) is 32.5 Å². The first-order valence-electron chi connectivity index (χ1n) is 6.28. The molecule has 1 aliphatic rings. The molecule has 2 rings (SSSR count). The zero-order valence-electron chi connectivity index (χ0n) is 11.1. The van der Waals surface area contributed by atoms with Crippen molar-refractivity contribution in [3.8, 4) is 0 Å². The molecule has 0 saturated heterocycles. The summed E-state index contributed by atoms with van der Waals surface area (Å²) >= 11 is 1.74. The van der Waals surface area contributed by atoms with E-state index in [1.54, 1.807) is 11.3 Å². The predicted octanol–water partition coefficient (Wildman–Crippen LogP) is 2.27. The number of carbonyl (C=O) groups excluding carboxylic acids is 1. The SMILES string of the molecule is CC(C(=O)O)=C(C)C(=O)NCc1cc2c(s1)CCC2. The van der Waals surface area contributed by atoms with Gasteiger partial charge < -0.3 is 10.4 Å². The maximum atomic E-state index is 11.8. The molecule has 5 heteroatoms. The molecule has 1 amide bonds. The molecule has 0 fully saturated rings. The summed E-state index contributed by atoms with van der Waals surface area (Å²) in [5.41, 5.74) is 1.76. The zero-order valence-corrected chi connectivity index (χ0v) is 11.9. The van der Waals surface area contributed by atoms with E-state index in [0.29, 0.717) is 6.54 Å². The number of amides is 1. The Bertz CT molecular complexity index is 536. The molecule has 0 unspecified atom stereocenters. The molecule has 0 radical (unpaired) electrons. The molecule has 0 spiro atoms. The molecule has 0 atom stereocenters. The van der Waals surface area contributed by atoms with E-state index in [1.165, 1.54) is 30.7 Å². The van der Waals surface area contributed by atoms with Crippen molar-refractivity contribution < 1.29 is 14.7 Å². The molecule has 1 aromatic rings. The van der Waals surface area contributed by atoms with Gasteiger partial charge >= 0.3 is 5.97 Å². The fourth-order valence-corrected chi connectivity index (χ4v) is 3.31. The number of hydrogen-bond acceptors (Lipinski definition) is 3. The third-order valence-electron chi connectivity index (χ3n) is 3.44. The van der Waals surface area contributed by atoms with Gasteiger partial charge in [0.1, 0.15) is 0 Å². The minimum atomic E-state index is -1.05. The average molecular weight is 279 g/mol.